The largest absolute Gasteiger partial charge is 0.0648 e. The maximum Gasteiger partial charge on any atom is -0.00239 e. The highest BCUT2D eigenvalue weighted by Gasteiger charge is 2.14. The molecule has 0 aliphatic rings. The molecule has 0 atom stereocenters. The van der Waals surface area contributed by atoms with Gasteiger partial charge in [0.1, 0.15) is 0 Å². The summed E-state index contributed by atoms with van der Waals surface area (Å²) in [5.74, 6) is 0.662. The standard InChI is InChI=1S/C21H20/c1-3-14(4-2)18-12-10-17-9-8-15-6-5-7-16-11-13-19(18)21(17)20(15)16/h5-14H,3-4H2,1-2H3. The minimum atomic E-state index is 0.662. The van der Waals surface area contributed by atoms with Gasteiger partial charge in [-0.1, -0.05) is 68.4 Å². The average Bonchev–Trinajstić information content (AvgIpc) is 2.55. The monoisotopic (exact) mass is 272 g/mol. The van der Waals surface area contributed by atoms with Gasteiger partial charge in [0.2, 0.25) is 0 Å². The van der Waals surface area contributed by atoms with E-state index in [9.17, 15) is 0 Å². The van der Waals surface area contributed by atoms with Crippen molar-refractivity contribution in [3.05, 3.63) is 60.2 Å². The van der Waals surface area contributed by atoms with E-state index in [0.29, 0.717) is 5.92 Å². The highest BCUT2D eigenvalue weighted by molar-refractivity contribution is 6.23. The first-order valence-corrected chi connectivity index (χ1v) is 8.00. The van der Waals surface area contributed by atoms with Gasteiger partial charge < -0.3 is 0 Å². The molecule has 0 aromatic heterocycles. The van der Waals surface area contributed by atoms with Gasteiger partial charge in [0.25, 0.3) is 0 Å². The fraction of sp³-hybridized carbons (Fsp3) is 0.238. The summed E-state index contributed by atoms with van der Waals surface area (Å²) in [5, 5.41) is 8.41. The van der Waals surface area contributed by atoms with E-state index < -0.39 is 0 Å². The van der Waals surface area contributed by atoms with Crippen LogP contribution in [0.25, 0.3) is 32.3 Å². The Morgan fingerprint density at radius 3 is 1.90 bits per heavy atom. The third-order valence-corrected chi connectivity index (χ3v) is 4.99. The second kappa shape index (κ2) is 4.73. The lowest BCUT2D eigenvalue weighted by molar-refractivity contribution is 0.647. The van der Waals surface area contributed by atoms with Gasteiger partial charge in [-0.15, -0.1) is 0 Å². The minimum absolute atomic E-state index is 0.662. The van der Waals surface area contributed by atoms with Crippen LogP contribution in [0.5, 0.6) is 0 Å². The zero-order chi connectivity index (χ0) is 14.4. The summed E-state index contributed by atoms with van der Waals surface area (Å²) < 4.78 is 0. The van der Waals surface area contributed by atoms with Crippen molar-refractivity contribution in [3.8, 4) is 0 Å². The van der Waals surface area contributed by atoms with Crippen LogP contribution in [0.15, 0.2) is 54.6 Å². The molecule has 0 heteroatoms. The maximum atomic E-state index is 2.35. The fourth-order valence-electron chi connectivity index (χ4n) is 3.84. The molecule has 0 bridgehead atoms. The van der Waals surface area contributed by atoms with Gasteiger partial charge in [0, 0.05) is 0 Å². The lowest BCUT2D eigenvalue weighted by Crippen LogP contribution is -1.97. The molecule has 0 nitrogen and oxygen atoms in total. The Labute approximate surface area is 125 Å². The van der Waals surface area contributed by atoms with E-state index in [2.05, 4.69) is 68.4 Å². The molecular weight excluding hydrogens is 252 g/mol. The van der Waals surface area contributed by atoms with Crippen LogP contribution in [-0.2, 0) is 0 Å². The average molecular weight is 272 g/mol. The van der Waals surface area contributed by atoms with Crippen LogP contribution in [0.2, 0.25) is 0 Å². The summed E-state index contributed by atoms with van der Waals surface area (Å²) >= 11 is 0. The second-order valence-electron chi connectivity index (χ2n) is 6.02. The molecule has 4 rings (SSSR count). The number of benzene rings is 4. The van der Waals surface area contributed by atoms with Crippen molar-refractivity contribution in [2.24, 2.45) is 0 Å². The van der Waals surface area contributed by atoms with E-state index in [4.69, 9.17) is 0 Å². The third-order valence-electron chi connectivity index (χ3n) is 4.99. The van der Waals surface area contributed by atoms with Crippen molar-refractivity contribution in [3.63, 3.8) is 0 Å². The number of rotatable bonds is 3. The molecule has 0 heterocycles. The van der Waals surface area contributed by atoms with Gasteiger partial charge in [0.15, 0.2) is 0 Å². The molecule has 0 unspecified atom stereocenters. The summed E-state index contributed by atoms with van der Waals surface area (Å²) in [6, 6.07) is 20.4. The smallest absolute Gasteiger partial charge is 0.00239 e. The molecule has 0 N–H and O–H groups in total. The Bertz CT molecular complexity index is 897. The van der Waals surface area contributed by atoms with Gasteiger partial charge in [0.05, 0.1) is 0 Å². The van der Waals surface area contributed by atoms with E-state index in [-0.39, 0.29) is 0 Å². The van der Waals surface area contributed by atoms with Gasteiger partial charge in [-0.3, -0.25) is 0 Å². The SMILES string of the molecule is CCC(CC)c1ccc2ccc3cccc4ccc1c2c34. The zero-order valence-corrected chi connectivity index (χ0v) is 12.7. The molecule has 21 heavy (non-hydrogen) atoms. The van der Waals surface area contributed by atoms with Crippen molar-refractivity contribution < 1.29 is 0 Å². The summed E-state index contributed by atoms with van der Waals surface area (Å²) in [7, 11) is 0. The van der Waals surface area contributed by atoms with Crippen molar-refractivity contribution in [1.29, 1.82) is 0 Å². The van der Waals surface area contributed by atoms with Crippen LogP contribution in [0, 0.1) is 0 Å². The minimum Gasteiger partial charge on any atom is -0.0648 e. The van der Waals surface area contributed by atoms with E-state index in [0.717, 1.165) is 0 Å². The van der Waals surface area contributed by atoms with E-state index in [1.165, 1.54) is 50.7 Å². The van der Waals surface area contributed by atoms with E-state index in [1.807, 2.05) is 0 Å². The predicted octanol–water partition coefficient (Wildman–Crippen LogP) is 6.49. The lowest BCUT2D eigenvalue weighted by atomic mass is 9.86. The van der Waals surface area contributed by atoms with Gasteiger partial charge >= 0.3 is 0 Å². The third kappa shape index (κ3) is 1.75. The number of hydrogen-bond acceptors (Lipinski definition) is 0. The Morgan fingerprint density at radius 1 is 0.667 bits per heavy atom. The summed E-state index contributed by atoms with van der Waals surface area (Å²) in [6.07, 6.45) is 2.42. The Morgan fingerprint density at radius 2 is 1.24 bits per heavy atom. The Hall–Kier alpha value is -2.08. The van der Waals surface area contributed by atoms with Gasteiger partial charge in [-0.2, -0.15) is 0 Å². The van der Waals surface area contributed by atoms with Gasteiger partial charge in [-0.05, 0) is 56.6 Å². The maximum absolute atomic E-state index is 2.35. The molecule has 4 aromatic rings. The first-order valence-electron chi connectivity index (χ1n) is 8.00. The Balaban J connectivity index is 2.20. The van der Waals surface area contributed by atoms with Crippen LogP contribution in [0.3, 0.4) is 0 Å². The summed E-state index contributed by atoms with van der Waals surface area (Å²) in [6.45, 7) is 4.60. The van der Waals surface area contributed by atoms with Crippen LogP contribution in [0.1, 0.15) is 38.2 Å². The second-order valence-corrected chi connectivity index (χ2v) is 6.02. The van der Waals surface area contributed by atoms with Crippen LogP contribution in [0.4, 0.5) is 0 Å². The molecule has 0 aliphatic carbocycles. The molecule has 0 aliphatic heterocycles. The highest BCUT2D eigenvalue weighted by atomic mass is 14.2. The van der Waals surface area contributed by atoms with E-state index >= 15 is 0 Å². The molecule has 4 aromatic carbocycles. The number of hydrogen-bond donors (Lipinski definition) is 0. The molecule has 0 fully saturated rings. The topological polar surface area (TPSA) is 0 Å². The van der Waals surface area contributed by atoms with E-state index in [1.54, 1.807) is 0 Å². The molecule has 0 saturated heterocycles. The first-order chi connectivity index (χ1) is 10.3. The van der Waals surface area contributed by atoms with Crippen LogP contribution >= 0.6 is 0 Å². The van der Waals surface area contributed by atoms with Gasteiger partial charge in [-0.25, -0.2) is 0 Å². The highest BCUT2D eigenvalue weighted by Crippen LogP contribution is 2.39. The normalized spacial score (nSPS) is 12.1. The quantitative estimate of drug-likeness (QED) is 0.374. The van der Waals surface area contributed by atoms with Crippen LogP contribution < -0.4 is 0 Å². The van der Waals surface area contributed by atoms with Crippen molar-refractivity contribution in [2.45, 2.75) is 32.6 Å². The summed E-state index contributed by atoms with van der Waals surface area (Å²) in [4.78, 5) is 0. The molecular formula is C21H20. The molecule has 0 amide bonds. The molecule has 0 saturated carbocycles. The van der Waals surface area contributed by atoms with Crippen molar-refractivity contribution in [2.75, 3.05) is 0 Å². The van der Waals surface area contributed by atoms with Crippen LogP contribution in [-0.4, -0.2) is 0 Å². The molecule has 0 spiro atoms. The fourth-order valence-corrected chi connectivity index (χ4v) is 3.84. The Kier molecular flexibility index (Phi) is 2.85. The lowest BCUT2D eigenvalue weighted by Gasteiger charge is -2.18. The summed E-state index contributed by atoms with van der Waals surface area (Å²) in [5.41, 5.74) is 1.52. The van der Waals surface area contributed by atoms with Crippen molar-refractivity contribution in [1.82, 2.24) is 0 Å². The zero-order valence-electron chi connectivity index (χ0n) is 12.7. The molecule has 0 radical (unpaired) electrons. The first kappa shape index (κ1) is 12.6. The van der Waals surface area contributed by atoms with Crippen molar-refractivity contribution >= 4 is 32.3 Å². The molecule has 104 valence electrons. The predicted molar refractivity (Wildman–Crippen MR) is 93.5 cm³/mol.